The number of nitrogens with zero attached hydrogens (tertiary/aromatic N) is 2. The Bertz CT molecular complexity index is 871. The van der Waals surface area contributed by atoms with E-state index in [-0.39, 0.29) is 18.1 Å². The third-order valence-electron chi connectivity index (χ3n) is 4.57. The van der Waals surface area contributed by atoms with E-state index < -0.39 is 23.6 Å². The molecule has 0 radical (unpaired) electrons. The molecule has 0 bridgehead atoms. The Balaban J connectivity index is 1.80. The molecule has 26 heavy (non-hydrogen) atoms. The second-order valence-corrected chi connectivity index (χ2v) is 7.24. The topological polar surface area (TPSA) is 23.6 Å². The molecule has 0 unspecified atom stereocenters. The smallest absolute Gasteiger partial charge is 0.348 e. The molecule has 1 amide bonds. The van der Waals surface area contributed by atoms with Crippen LogP contribution in [-0.2, 0) is 17.5 Å². The molecule has 4 rings (SSSR count). The Hall–Kier alpha value is -2.22. The van der Waals surface area contributed by atoms with Crippen molar-refractivity contribution in [3.05, 3.63) is 59.4 Å². The van der Waals surface area contributed by atoms with E-state index in [4.69, 9.17) is 0 Å². The molecule has 3 nitrogen and oxygen atoms in total. The molecule has 2 aromatic carbocycles. The van der Waals surface area contributed by atoms with Gasteiger partial charge in [-0.1, -0.05) is 12.1 Å². The van der Waals surface area contributed by atoms with Crippen LogP contribution in [0.5, 0.6) is 0 Å². The second-order valence-electron chi connectivity index (χ2n) is 6.24. The van der Waals surface area contributed by atoms with E-state index in [0.29, 0.717) is 22.9 Å². The highest BCUT2D eigenvalue weighted by Crippen LogP contribution is 2.44. The van der Waals surface area contributed by atoms with Gasteiger partial charge in [-0.3, -0.25) is 4.79 Å². The first kappa shape index (κ1) is 17.2. The van der Waals surface area contributed by atoms with Crippen LogP contribution in [0.2, 0.25) is 0 Å². The van der Waals surface area contributed by atoms with E-state index in [0.717, 1.165) is 12.1 Å². The van der Waals surface area contributed by atoms with Gasteiger partial charge in [0.15, 0.2) is 0 Å². The van der Waals surface area contributed by atoms with Crippen LogP contribution in [0.15, 0.2) is 42.5 Å². The monoisotopic (exact) mass is 382 g/mol. The summed E-state index contributed by atoms with van der Waals surface area (Å²) in [5.74, 6) is 0.432. The van der Waals surface area contributed by atoms with Gasteiger partial charge in [0.05, 0.1) is 29.4 Å². The first-order valence-electron chi connectivity index (χ1n) is 7.96. The fourth-order valence-electron chi connectivity index (χ4n) is 3.32. The van der Waals surface area contributed by atoms with Crippen LogP contribution >= 0.6 is 11.8 Å². The number of rotatable bonds is 2. The van der Waals surface area contributed by atoms with Crippen LogP contribution in [0.25, 0.3) is 0 Å². The van der Waals surface area contributed by atoms with E-state index in [1.165, 1.54) is 29.2 Å². The van der Waals surface area contributed by atoms with E-state index in [9.17, 15) is 22.4 Å². The van der Waals surface area contributed by atoms with E-state index in [1.54, 1.807) is 17.8 Å². The summed E-state index contributed by atoms with van der Waals surface area (Å²) >= 11 is 1.56. The van der Waals surface area contributed by atoms with E-state index in [2.05, 4.69) is 0 Å². The van der Waals surface area contributed by atoms with Gasteiger partial charge in [0.2, 0.25) is 0 Å². The number of carbonyl (C=O) groups excluding carboxylic acids is 1. The summed E-state index contributed by atoms with van der Waals surface area (Å²) in [6, 6.07) is 8.80. The number of hydrogen-bond acceptors (Lipinski definition) is 3. The van der Waals surface area contributed by atoms with E-state index in [1.807, 2.05) is 4.90 Å². The van der Waals surface area contributed by atoms with Crippen molar-refractivity contribution < 1.29 is 22.4 Å². The summed E-state index contributed by atoms with van der Waals surface area (Å²) < 4.78 is 53.0. The summed E-state index contributed by atoms with van der Waals surface area (Å²) in [6.07, 6.45) is -4.50. The average Bonchev–Trinajstić information content (AvgIpc) is 3.07. The van der Waals surface area contributed by atoms with Gasteiger partial charge in [-0.15, -0.1) is 11.8 Å². The third-order valence-corrected chi connectivity index (χ3v) is 5.58. The number of hydrogen-bond donors (Lipinski definition) is 0. The maximum Gasteiger partial charge on any atom is 0.416 e. The number of thioether (sulfide) groups is 1. The van der Waals surface area contributed by atoms with Crippen molar-refractivity contribution in [3.8, 4) is 0 Å². The average molecular weight is 382 g/mol. The lowest BCUT2D eigenvalue weighted by Crippen LogP contribution is -2.51. The van der Waals surface area contributed by atoms with Crippen LogP contribution in [0, 0.1) is 5.82 Å². The molecule has 1 fully saturated rings. The van der Waals surface area contributed by atoms with Gasteiger partial charge in [-0.2, -0.15) is 13.2 Å². The second kappa shape index (κ2) is 6.19. The van der Waals surface area contributed by atoms with Gasteiger partial charge in [-0.25, -0.2) is 4.39 Å². The molecule has 2 heterocycles. The minimum atomic E-state index is -4.50. The Labute approximate surface area is 151 Å². The summed E-state index contributed by atoms with van der Waals surface area (Å²) in [4.78, 5) is 16.1. The lowest BCUT2D eigenvalue weighted by molar-refractivity contribution is -0.137. The predicted octanol–water partition coefficient (Wildman–Crippen LogP) is 4.27. The molecule has 2 aliphatic rings. The van der Waals surface area contributed by atoms with Crippen molar-refractivity contribution in [3.63, 3.8) is 0 Å². The minimum absolute atomic E-state index is 0.0277. The maximum atomic E-state index is 13.5. The molecule has 2 aliphatic heterocycles. The third kappa shape index (κ3) is 2.92. The first-order chi connectivity index (χ1) is 12.3. The summed E-state index contributed by atoms with van der Waals surface area (Å²) in [7, 11) is 0. The highest BCUT2D eigenvalue weighted by Gasteiger charge is 2.42. The van der Waals surface area contributed by atoms with Crippen molar-refractivity contribution in [2.45, 2.75) is 18.8 Å². The molecule has 0 N–H and O–H groups in total. The van der Waals surface area contributed by atoms with Crippen LogP contribution in [0.3, 0.4) is 0 Å². The highest BCUT2D eigenvalue weighted by molar-refractivity contribution is 7.99. The van der Waals surface area contributed by atoms with E-state index >= 15 is 0 Å². The standard InChI is InChI=1S/C18H14F4N2OS/c19-13-3-1-2-11(6-13)8-23-15-7-12(18(20,21)22)4-5-14(15)24-10-26-9-16(24)17(23)25/h1-7,16H,8-10H2/t16-/m0/s1. The summed E-state index contributed by atoms with van der Waals surface area (Å²) in [5, 5.41) is 0. The molecular weight excluding hydrogens is 368 g/mol. The molecule has 1 saturated heterocycles. The Kier molecular flexibility index (Phi) is 4.10. The van der Waals surface area contributed by atoms with Crippen molar-refractivity contribution in [1.29, 1.82) is 0 Å². The lowest BCUT2D eigenvalue weighted by atomic mass is 10.0. The van der Waals surface area contributed by atoms with Gasteiger partial charge in [0.1, 0.15) is 11.9 Å². The summed E-state index contributed by atoms with van der Waals surface area (Å²) in [5.41, 5.74) is 0.538. The first-order valence-corrected chi connectivity index (χ1v) is 9.11. The van der Waals surface area contributed by atoms with Crippen molar-refractivity contribution in [2.75, 3.05) is 21.4 Å². The van der Waals surface area contributed by atoms with Gasteiger partial charge in [0, 0.05) is 5.75 Å². The molecule has 0 aliphatic carbocycles. The fourth-order valence-corrected chi connectivity index (χ4v) is 4.49. The number of fused-ring (bicyclic) bond motifs is 3. The molecule has 0 saturated carbocycles. The number of carbonyl (C=O) groups is 1. The fraction of sp³-hybridized carbons (Fsp3) is 0.278. The van der Waals surface area contributed by atoms with Gasteiger partial charge >= 0.3 is 6.18 Å². The number of amides is 1. The SMILES string of the molecule is O=C1[C@@H]2CSCN2c2ccc(C(F)(F)F)cc2N1Cc1cccc(F)c1. The molecule has 1 atom stereocenters. The Morgan fingerprint density at radius 2 is 1.92 bits per heavy atom. The molecule has 0 spiro atoms. The molecule has 8 heteroatoms. The van der Waals surface area contributed by atoms with Crippen LogP contribution in [-0.4, -0.2) is 23.6 Å². The number of alkyl halides is 3. The highest BCUT2D eigenvalue weighted by atomic mass is 32.2. The van der Waals surface area contributed by atoms with Crippen molar-refractivity contribution in [1.82, 2.24) is 0 Å². The Morgan fingerprint density at radius 3 is 2.65 bits per heavy atom. The van der Waals surface area contributed by atoms with Crippen LogP contribution in [0.4, 0.5) is 28.9 Å². The predicted molar refractivity (Wildman–Crippen MR) is 92.6 cm³/mol. The summed E-state index contributed by atoms with van der Waals surface area (Å²) in [6.45, 7) is 0.0277. The molecule has 0 aromatic heterocycles. The van der Waals surface area contributed by atoms with Gasteiger partial charge < -0.3 is 9.80 Å². The molecule has 136 valence electrons. The normalized spacial score (nSPS) is 19.5. The zero-order valence-electron chi connectivity index (χ0n) is 13.5. The molecular formula is C18H14F4N2OS. The zero-order chi connectivity index (χ0) is 18.5. The number of halogens is 4. The van der Waals surface area contributed by atoms with Crippen LogP contribution in [0.1, 0.15) is 11.1 Å². The maximum absolute atomic E-state index is 13.5. The minimum Gasteiger partial charge on any atom is -0.348 e. The van der Waals surface area contributed by atoms with Gasteiger partial charge in [-0.05, 0) is 35.9 Å². The molecule has 2 aromatic rings. The van der Waals surface area contributed by atoms with Gasteiger partial charge in [0.25, 0.3) is 5.91 Å². The lowest BCUT2D eigenvalue weighted by Gasteiger charge is -2.39. The van der Waals surface area contributed by atoms with Crippen molar-refractivity contribution >= 4 is 29.0 Å². The van der Waals surface area contributed by atoms with Crippen molar-refractivity contribution in [2.24, 2.45) is 0 Å². The Morgan fingerprint density at radius 1 is 1.12 bits per heavy atom. The number of benzene rings is 2. The quantitative estimate of drug-likeness (QED) is 0.725. The van der Waals surface area contributed by atoms with Crippen LogP contribution < -0.4 is 9.80 Å². The largest absolute Gasteiger partial charge is 0.416 e. The zero-order valence-corrected chi connectivity index (χ0v) is 14.3. The number of anilines is 2.